The minimum atomic E-state index is -2.23. The molecule has 0 aliphatic carbocycles. The maximum absolute atomic E-state index is 10.6. The first-order valence-corrected chi connectivity index (χ1v) is 7.59. The molecule has 2 rings (SSSR count). The number of anilines is 2. The van der Waals surface area contributed by atoms with Gasteiger partial charge in [-0.3, -0.25) is 4.98 Å². The van der Waals surface area contributed by atoms with Gasteiger partial charge in [0.1, 0.15) is 10.7 Å². The molecule has 2 N–H and O–H groups in total. The Morgan fingerprint density at radius 1 is 1.39 bits per heavy atom. The first-order valence-electron chi connectivity index (χ1n) is 6.23. The van der Waals surface area contributed by atoms with Gasteiger partial charge in [0.15, 0.2) is 0 Å². The lowest BCUT2D eigenvalue weighted by Crippen LogP contribution is -2.34. The third-order valence-electron chi connectivity index (χ3n) is 3.50. The molecule has 1 saturated heterocycles. The molecule has 1 aliphatic rings. The predicted octanol–water partition coefficient (Wildman–Crippen LogP) is 0.882. The number of nitrogens with zero attached hydrogens (tertiary/aromatic N) is 2. The Kier molecular flexibility index (Phi) is 4.41. The molecule has 1 fully saturated rings. The highest BCUT2D eigenvalue weighted by Gasteiger charge is 2.20. The molecule has 1 aromatic rings. The van der Waals surface area contributed by atoms with Crippen molar-refractivity contribution in [1.82, 2.24) is 4.98 Å². The second-order valence-corrected chi connectivity index (χ2v) is 5.82. The molecule has 0 saturated carbocycles. The van der Waals surface area contributed by atoms with Crippen LogP contribution in [0.2, 0.25) is 0 Å². The fourth-order valence-electron chi connectivity index (χ4n) is 2.44. The predicted molar refractivity (Wildman–Crippen MR) is 73.4 cm³/mol. The molecule has 100 valence electrons. The standard InChI is InChI=1S/C12H19N3O2S/c13-11-9-14-5-1-12(11)15-6-2-10(3-7-15)4-8-18(16)17/h1,5,9-10,18H,2-4,6-8,13H2. The number of hydrogen-bond donors (Lipinski definition) is 2. The monoisotopic (exact) mass is 269 g/mol. The Balaban J connectivity index is 1.89. The summed E-state index contributed by atoms with van der Waals surface area (Å²) >= 11 is 0. The first-order chi connectivity index (χ1) is 8.66. The summed E-state index contributed by atoms with van der Waals surface area (Å²) in [7, 11) is -2.23. The van der Waals surface area contributed by atoms with Crippen LogP contribution in [-0.4, -0.2) is 32.2 Å². The third kappa shape index (κ3) is 3.35. The number of rotatable bonds is 4. The Labute approximate surface area is 109 Å². The van der Waals surface area contributed by atoms with Crippen LogP contribution in [0, 0.1) is 5.92 Å². The summed E-state index contributed by atoms with van der Waals surface area (Å²) in [5.74, 6) is 0.842. The molecule has 0 spiro atoms. The van der Waals surface area contributed by atoms with E-state index in [2.05, 4.69) is 9.88 Å². The number of aromatic nitrogens is 1. The molecular formula is C12H19N3O2S. The van der Waals surface area contributed by atoms with Crippen LogP contribution in [0.15, 0.2) is 18.5 Å². The van der Waals surface area contributed by atoms with E-state index in [-0.39, 0.29) is 0 Å². The smallest absolute Gasteiger partial charge is 0.140 e. The van der Waals surface area contributed by atoms with Crippen molar-refractivity contribution in [3.8, 4) is 0 Å². The van der Waals surface area contributed by atoms with Gasteiger partial charge in [-0.05, 0) is 31.2 Å². The van der Waals surface area contributed by atoms with E-state index >= 15 is 0 Å². The highest BCUT2D eigenvalue weighted by atomic mass is 32.2. The van der Waals surface area contributed by atoms with E-state index in [1.54, 1.807) is 12.4 Å². The molecule has 2 heterocycles. The number of thiol groups is 1. The number of pyridine rings is 1. The zero-order valence-electron chi connectivity index (χ0n) is 10.3. The van der Waals surface area contributed by atoms with Gasteiger partial charge in [-0.25, -0.2) is 8.42 Å². The van der Waals surface area contributed by atoms with Crippen molar-refractivity contribution in [2.45, 2.75) is 19.3 Å². The van der Waals surface area contributed by atoms with Crippen LogP contribution in [0.4, 0.5) is 11.4 Å². The Bertz CT molecular complexity index is 460. The summed E-state index contributed by atoms with van der Waals surface area (Å²) in [4.78, 5) is 6.24. The number of piperidine rings is 1. The summed E-state index contributed by atoms with van der Waals surface area (Å²) in [5, 5.41) is 0. The van der Waals surface area contributed by atoms with Gasteiger partial charge in [-0.1, -0.05) is 0 Å². The van der Waals surface area contributed by atoms with E-state index < -0.39 is 10.7 Å². The number of nitrogens with two attached hydrogens (primary N) is 1. The van der Waals surface area contributed by atoms with Gasteiger partial charge in [-0.2, -0.15) is 0 Å². The Morgan fingerprint density at radius 3 is 2.72 bits per heavy atom. The van der Waals surface area contributed by atoms with E-state index in [0.29, 0.717) is 17.4 Å². The van der Waals surface area contributed by atoms with Crippen molar-refractivity contribution in [3.63, 3.8) is 0 Å². The van der Waals surface area contributed by atoms with Crippen molar-refractivity contribution in [1.29, 1.82) is 0 Å². The van der Waals surface area contributed by atoms with Gasteiger partial charge in [0.2, 0.25) is 0 Å². The Hall–Kier alpha value is -1.30. The van der Waals surface area contributed by atoms with Crippen LogP contribution >= 0.6 is 0 Å². The molecule has 0 aromatic carbocycles. The topological polar surface area (TPSA) is 76.3 Å². The maximum atomic E-state index is 10.6. The van der Waals surface area contributed by atoms with E-state index in [4.69, 9.17) is 5.73 Å². The van der Waals surface area contributed by atoms with Crippen LogP contribution < -0.4 is 10.6 Å². The molecule has 0 amide bonds. The summed E-state index contributed by atoms with van der Waals surface area (Å²) in [6.45, 7) is 1.88. The SMILES string of the molecule is Nc1cnccc1N1CCC(CC[SH](=O)=O)CC1. The zero-order valence-corrected chi connectivity index (χ0v) is 11.2. The van der Waals surface area contributed by atoms with Crippen LogP contribution in [-0.2, 0) is 10.7 Å². The molecule has 5 nitrogen and oxygen atoms in total. The third-order valence-corrected chi connectivity index (χ3v) is 4.13. The van der Waals surface area contributed by atoms with Crippen LogP contribution in [0.3, 0.4) is 0 Å². The van der Waals surface area contributed by atoms with Crippen LogP contribution in [0.5, 0.6) is 0 Å². The number of hydrogen-bond acceptors (Lipinski definition) is 5. The summed E-state index contributed by atoms with van der Waals surface area (Å²) in [5.41, 5.74) is 7.65. The van der Waals surface area contributed by atoms with Crippen molar-refractivity contribution in [2.75, 3.05) is 29.5 Å². The van der Waals surface area contributed by atoms with E-state index in [0.717, 1.165) is 38.0 Å². The minimum Gasteiger partial charge on any atom is -0.396 e. The Morgan fingerprint density at radius 2 is 2.11 bits per heavy atom. The molecule has 1 aliphatic heterocycles. The fourth-order valence-corrected chi connectivity index (χ4v) is 3.01. The van der Waals surface area contributed by atoms with Gasteiger partial charge < -0.3 is 10.6 Å². The summed E-state index contributed by atoms with van der Waals surface area (Å²) in [6, 6.07) is 1.93. The number of nitrogen functional groups attached to an aromatic ring is 1. The lowest BCUT2D eigenvalue weighted by Gasteiger charge is -2.33. The largest absolute Gasteiger partial charge is 0.396 e. The maximum Gasteiger partial charge on any atom is 0.140 e. The first kappa shape index (κ1) is 13.1. The quantitative estimate of drug-likeness (QED) is 0.794. The van der Waals surface area contributed by atoms with Gasteiger partial charge in [-0.15, -0.1) is 0 Å². The van der Waals surface area contributed by atoms with Crippen molar-refractivity contribution < 1.29 is 8.42 Å². The normalized spacial score (nSPS) is 17.3. The molecular weight excluding hydrogens is 250 g/mol. The molecule has 1 aromatic heterocycles. The second-order valence-electron chi connectivity index (χ2n) is 4.71. The molecule has 18 heavy (non-hydrogen) atoms. The van der Waals surface area contributed by atoms with Crippen molar-refractivity contribution in [3.05, 3.63) is 18.5 Å². The van der Waals surface area contributed by atoms with Crippen molar-refractivity contribution in [2.24, 2.45) is 5.92 Å². The zero-order chi connectivity index (χ0) is 13.0. The van der Waals surface area contributed by atoms with Gasteiger partial charge in [0, 0.05) is 25.0 Å². The average Bonchev–Trinajstić information content (AvgIpc) is 2.38. The molecule has 0 bridgehead atoms. The summed E-state index contributed by atoms with van der Waals surface area (Å²) in [6.07, 6.45) is 6.28. The van der Waals surface area contributed by atoms with E-state index in [1.165, 1.54) is 0 Å². The molecule has 0 unspecified atom stereocenters. The van der Waals surface area contributed by atoms with Crippen LogP contribution in [0.25, 0.3) is 0 Å². The van der Waals surface area contributed by atoms with Gasteiger partial charge >= 0.3 is 0 Å². The lowest BCUT2D eigenvalue weighted by atomic mass is 9.94. The lowest BCUT2D eigenvalue weighted by molar-refractivity contribution is 0.396. The van der Waals surface area contributed by atoms with Gasteiger partial charge in [0.25, 0.3) is 0 Å². The molecule has 0 radical (unpaired) electrons. The molecule has 6 heteroatoms. The fraction of sp³-hybridized carbons (Fsp3) is 0.583. The van der Waals surface area contributed by atoms with Gasteiger partial charge in [0.05, 0.1) is 17.6 Å². The minimum absolute atomic E-state index is 0.317. The highest BCUT2D eigenvalue weighted by Crippen LogP contribution is 2.28. The molecule has 0 atom stereocenters. The summed E-state index contributed by atoms with van der Waals surface area (Å²) < 4.78 is 21.2. The van der Waals surface area contributed by atoms with E-state index in [1.807, 2.05) is 6.07 Å². The second kappa shape index (κ2) is 6.04. The average molecular weight is 269 g/mol. The van der Waals surface area contributed by atoms with Crippen LogP contribution in [0.1, 0.15) is 19.3 Å². The van der Waals surface area contributed by atoms with Crippen molar-refractivity contribution >= 4 is 22.1 Å². The highest BCUT2D eigenvalue weighted by molar-refractivity contribution is 7.72. The van der Waals surface area contributed by atoms with E-state index in [9.17, 15) is 8.42 Å².